The Kier molecular flexibility index (Phi) is 11.7. The van der Waals surface area contributed by atoms with Crippen LogP contribution in [0.25, 0.3) is 0 Å². The molecule has 1 aliphatic carbocycles. The van der Waals surface area contributed by atoms with E-state index >= 15 is 0 Å². The van der Waals surface area contributed by atoms with Crippen molar-refractivity contribution >= 4 is 52.2 Å². The first-order chi connectivity index (χ1) is 27.6. The Morgan fingerprint density at radius 2 is 1.66 bits per heavy atom. The molecule has 1 N–H and O–H groups in total. The molecule has 1 saturated carbocycles. The summed E-state index contributed by atoms with van der Waals surface area (Å²) in [4.78, 5) is 57.7. The second-order valence-electron chi connectivity index (χ2n) is 16.0. The number of carbonyl (C=O) groups is 4. The summed E-state index contributed by atoms with van der Waals surface area (Å²) in [5, 5.41) is 11.7. The number of hydrogen-bond donors (Lipinski definition) is 1. The maximum absolute atomic E-state index is 13.8. The first-order valence-electron chi connectivity index (χ1n) is 19.6. The number of nitrogens with zero attached hydrogens (tertiary/aromatic N) is 5. The number of ether oxygens (including phenoxy) is 1. The van der Waals surface area contributed by atoms with E-state index in [2.05, 4.69) is 15.1 Å². The van der Waals surface area contributed by atoms with Gasteiger partial charge in [0.05, 0.1) is 29.4 Å². The van der Waals surface area contributed by atoms with Crippen molar-refractivity contribution in [3.05, 3.63) is 88.5 Å². The molecule has 3 aliphatic heterocycles. The number of nitriles is 1. The summed E-state index contributed by atoms with van der Waals surface area (Å²) in [6.45, 7) is 7.97. The van der Waals surface area contributed by atoms with E-state index in [4.69, 9.17) is 17.0 Å². The van der Waals surface area contributed by atoms with Crippen LogP contribution >= 0.6 is 12.2 Å². The number of alkyl halides is 3. The molecule has 304 valence electrons. The Morgan fingerprint density at radius 1 is 0.948 bits per heavy atom. The third-order valence-corrected chi connectivity index (χ3v) is 11.7. The second kappa shape index (κ2) is 16.6. The molecule has 58 heavy (non-hydrogen) atoms. The van der Waals surface area contributed by atoms with Gasteiger partial charge in [-0.25, -0.2) is 0 Å². The van der Waals surface area contributed by atoms with E-state index in [9.17, 15) is 37.6 Å². The second-order valence-corrected chi connectivity index (χ2v) is 16.4. The van der Waals surface area contributed by atoms with E-state index in [-0.39, 0.29) is 40.2 Å². The molecular formula is C43H45F3N6O5S. The number of imide groups is 1. The number of benzene rings is 3. The molecule has 0 radical (unpaired) electrons. The summed E-state index contributed by atoms with van der Waals surface area (Å²) in [6, 6.07) is 18.1. The molecule has 1 atom stereocenters. The first kappa shape index (κ1) is 41.0. The topological polar surface area (TPSA) is 126 Å². The molecular weight excluding hydrogens is 770 g/mol. The number of hydrogen-bond acceptors (Lipinski definition) is 9. The summed E-state index contributed by atoms with van der Waals surface area (Å²) in [6.07, 6.45) is -1.09. The Bertz CT molecular complexity index is 2180. The van der Waals surface area contributed by atoms with Crippen LogP contribution in [0.4, 0.5) is 24.5 Å². The van der Waals surface area contributed by atoms with Crippen LogP contribution in [0.5, 0.6) is 5.75 Å². The molecule has 0 bridgehead atoms. The van der Waals surface area contributed by atoms with E-state index in [1.165, 1.54) is 6.07 Å². The van der Waals surface area contributed by atoms with Gasteiger partial charge in [0.2, 0.25) is 11.8 Å². The molecule has 3 saturated heterocycles. The van der Waals surface area contributed by atoms with Gasteiger partial charge in [0.25, 0.3) is 5.91 Å². The number of nitrogens with one attached hydrogen (secondary N) is 1. The standard InChI is InChI=1S/C43H45F3N6O5S/c1-42(2)40(56)51(32-10-8-31(25-47)36(24-32)43(44,45)46)41(58)52(42)33-11-12-37(35(23-33)29-6-7-29)57-19-18-49-14-16-50(17-15-49)26-34(53)22-28-5-3-4-27(20-28)21-30-9-13-38(54)48-39(30)55/h3-5,8,10-12,20,23-24,29-30H,6-7,9,13-19,21-22,26H2,1-2H3,(H,48,54,55). The number of Topliss-reactive ketones (excluding diaryl/α,β-unsaturated/α-hetero) is 1. The number of carbonyl (C=O) groups excluding carboxylic acids is 4. The quantitative estimate of drug-likeness (QED) is 0.168. The van der Waals surface area contributed by atoms with Gasteiger partial charge in [0, 0.05) is 57.2 Å². The molecule has 15 heteroatoms. The third kappa shape index (κ3) is 8.94. The van der Waals surface area contributed by atoms with Gasteiger partial charge in [-0.2, -0.15) is 18.4 Å². The van der Waals surface area contributed by atoms with Gasteiger partial charge in [-0.15, -0.1) is 0 Å². The highest BCUT2D eigenvalue weighted by Gasteiger charge is 2.51. The molecule has 1 unspecified atom stereocenters. The maximum atomic E-state index is 13.8. The lowest BCUT2D eigenvalue weighted by atomic mass is 9.90. The van der Waals surface area contributed by atoms with Crippen LogP contribution < -0.4 is 19.9 Å². The Balaban J connectivity index is 0.914. The molecule has 3 amide bonds. The number of piperazine rings is 1. The molecule has 0 spiro atoms. The molecule has 0 aromatic heterocycles. The predicted molar refractivity (Wildman–Crippen MR) is 214 cm³/mol. The fourth-order valence-electron chi connectivity index (χ4n) is 8.05. The van der Waals surface area contributed by atoms with Crippen LogP contribution in [0.15, 0.2) is 60.7 Å². The Morgan fingerprint density at radius 3 is 2.34 bits per heavy atom. The van der Waals surface area contributed by atoms with Crippen LogP contribution in [0, 0.1) is 17.2 Å². The minimum Gasteiger partial charge on any atom is -0.492 e. The van der Waals surface area contributed by atoms with Crippen molar-refractivity contribution in [2.75, 3.05) is 55.7 Å². The van der Waals surface area contributed by atoms with Crippen molar-refractivity contribution in [3.63, 3.8) is 0 Å². The molecule has 4 fully saturated rings. The van der Waals surface area contributed by atoms with Gasteiger partial charge in [0.1, 0.15) is 17.9 Å². The summed E-state index contributed by atoms with van der Waals surface area (Å²) >= 11 is 5.75. The maximum Gasteiger partial charge on any atom is 0.417 e. The number of piperidine rings is 1. The number of rotatable bonds is 13. The zero-order chi connectivity index (χ0) is 41.4. The molecule has 3 aromatic carbocycles. The largest absolute Gasteiger partial charge is 0.492 e. The summed E-state index contributed by atoms with van der Waals surface area (Å²) in [5.74, 6) is -0.0402. The summed E-state index contributed by atoms with van der Waals surface area (Å²) in [7, 11) is 0. The minimum absolute atomic E-state index is 0.0420. The van der Waals surface area contributed by atoms with Crippen molar-refractivity contribution in [2.45, 2.75) is 70.0 Å². The van der Waals surface area contributed by atoms with Crippen molar-refractivity contribution < 1.29 is 37.1 Å². The zero-order valence-electron chi connectivity index (χ0n) is 32.4. The van der Waals surface area contributed by atoms with Crippen molar-refractivity contribution in [3.8, 4) is 11.8 Å². The average molecular weight is 815 g/mol. The zero-order valence-corrected chi connectivity index (χ0v) is 33.3. The molecule has 4 aliphatic rings. The summed E-state index contributed by atoms with van der Waals surface area (Å²) < 4.78 is 47.7. The van der Waals surface area contributed by atoms with E-state index < -0.39 is 28.7 Å². The van der Waals surface area contributed by atoms with Crippen LogP contribution in [-0.4, -0.2) is 89.8 Å². The molecule has 11 nitrogen and oxygen atoms in total. The lowest BCUT2D eigenvalue weighted by Gasteiger charge is -2.34. The number of amides is 3. The van der Waals surface area contributed by atoms with E-state index in [1.807, 2.05) is 42.5 Å². The summed E-state index contributed by atoms with van der Waals surface area (Å²) in [5.41, 5.74) is 0.589. The van der Waals surface area contributed by atoms with Crippen molar-refractivity contribution in [1.29, 1.82) is 5.26 Å². The smallest absolute Gasteiger partial charge is 0.417 e. The highest BCUT2D eigenvalue weighted by atomic mass is 32.1. The Labute approximate surface area is 340 Å². The van der Waals surface area contributed by atoms with E-state index in [1.54, 1.807) is 24.8 Å². The van der Waals surface area contributed by atoms with Gasteiger partial charge in [-0.3, -0.25) is 39.2 Å². The van der Waals surface area contributed by atoms with Crippen LogP contribution in [-0.2, 0) is 38.2 Å². The van der Waals surface area contributed by atoms with Crippen LogP contribution in [0.1, 0.15) is 73.3 Å². The highest BCUT2D eigenvalue weighted by molar-refractivity contribution is 7.81. The van der Waals surface area contributed by atoms with E-state index in [0.717, 1.165) is 78.5 Å². The fraction of sp³-hybridized carbons (Fsp3) is 0.442. The minimum atomic E-state index is -4.79. The fourth-order valence-corrected chi connectivity index (χ4v) is 8.57. The number of ketones is 1. The average Bonchev–Trinajstić information content (AvgIpc) is 4.00. The number of anilines is 2. The number of halogens is 3. The SMILES string of the molecule is CC1(C)C(=O)N(c2ccc(C#N)c(C(F)(F)F)c2)C(=S)N1c1ccc(OCCN2CCN(CC(=O)Cc3cccc(CC4CCC(=O)NC4=O)c3)CC2)c(C2CC2)c1. The number of thiocarbonyl (C=S) groups is 1. The van der Waals surface area contributed by atoms with Gasteiger partial charge >= 0.3 is 6.18 Å². The Hall–Kier alpha value is -5.17. The molecule has 3 heterocycles. The lowest BCUT2D eigenvalue weighted by molar-refractivity contribution is -0.138. The van der Waals surface area contributed by atoms with Crippen molar-refractivity contribution in [1.82, 2.24) is 15.1 Å². The first-order valence-corrected chi connectivity index (χ1v) is 20.0. The van der Waals surface area contributed by atoms with E-state index in [0.29, 0.717) is 51.1 Å². The van der Waals surface area contributed by atoms with Gasteiger partial charge in [0.15, 0.2) is 10.9 Å². The molecule has 7 rings (SSSR count). The van der Waals surface area contributed by atoms with Gasteiger partial charge in [-0.05, 0) is 111 Å². The normalized spacial score (nSPS) is 20.3. The van der Waals surface area contributed by atoms with Crippen LogP contribution in [0.2, 0.25) is 0 Å². The van der Waals surface area contributed by atoms with Gasteiger partial charge in [-0.1, -0.05) is 24.3 Å². The lowest BCUT2D eigenvalue weighted by Crippen LogP contribution is -2.48. The highest BCUT2D eigenvalue weighted by Crippen LogP contribution is 2.47. The predicted octanol–water partition coefficient (Wildman–Crippen LogP) is 5.77. The molecule has 3 aromatic rings. The van der Waals surface area contributed by atoms with Gasteiger partial charge < -0.3 is 9.64 Å². The third-order valence-electron chi connectivity index (χ3n) is 11.4. The monoisotopic (exact) mass is 814 g/mol. The van der Waals surface area contributed by atoms with Crippen LogP contribution in [0.3, 0.4) is 0 Å². The van der Waals surface area contributed by atoms with Crippen molar-refractivity contribution in [2.24, 2.45) is 5.92 Å².